The van der Waals surface area contributed by atoms with Gasteiger partial charge in [-0.05, 0) is 56.5 Å². The molecule has 2 fully saturated rings. The van der Waals surface area contributed by atoms with Gasteiger partial charge >= 0.3 is 5.97 Å². The molecule has 0 N–H and O–H groups in total. The molecule has 1 aromatic rings. The Morgan fingerprint density at radius 2 is 1.91 bits per heavy atom. The highest BCUT2D eigenvalue weighted by atomic mass is 16.5. The number of rotatable bonds is 5. The molecule has 126 valence electrons. The summed E-state index contributed by atoms with van der Waals surface area (Å²) in [6, 6.07) is 8.23. The van der Waals surface area contributed by atoms with Gasteiger partial charge in [-0.1, -0.05) is 18.6 Å². The number of nitrogens with zero attached hydrogens (tertiary/aromatic N) is 1. The summed E-state index contributed by atoms with van der Waals surface area (Å²) in [5.41, 5.74) is 0.971. The Balaban J connectivity index is 1.47. The standard InChI is InChI=1S/C19H27NO3/c1-22-17-9-7-15(8-10-17)13-19(21)23-14-16-5-4-12-20-11-3-2-6-18(16)20/h7-10,16,18H,2-6,11-14H2,1H3/t16-,18-/m1/s1. The van der Waals surface area contributed by atoms with Crippen molar-refractivity contribution in [2.24, 2.45) is 5.92 Å². The van der Waals surface area contributed by atoms with Crippen molar-refractivity contribution in [3.63, 3.8) is 0 Å². The lowest BCUT2D eigenvalue weighted by Gasteiger charge is -2.44. The molecule has 2 heterocycles. The highest BCUT2D eigenvalue weighted by molar-refractivity contribution is 5.72. The summed E-state index contributed by atoms with van der Waals surface area (Å²) in [4.78, 5) is 14.7. The zero-order chi connectivity index (χ0) is 16.1. The van der Waals surface area contributed by atoms with E-state index in [1.165, 1.54) is 45.2 Å². The number of benzene rings is 1. The van der Waals surface area contributed by atoms with Gasteiger partial charge in [0, 0.05) is 12.0 Å². The number of piperidine rings is 2. The van der Waals surface area contributed by atoms with E-state index in [9.17, 15) is 4.79 Å². The Morgan fingerprint density at radius 1 is 1.13 bits per heavy atom. The predicted molar refractivity (Wildman–Crippen MR) is 89.6 cm³/mol. The summed E-state index contributed by atoms with van der Waals surface area (Å²) in [5, 5.41) is 0. The molecule has 0 unspecified atom stereocenters. The van der Waals surface area contributed by atoms with Gasteiger partial charge in [-0.15, -0.1) is 0 Å². The molecular weight excluding hydrogens is 290 g/mol. The maximum atomic E-state index is 12.1. The van der Waals surface area contributed by atoms with Gasteiger partial charge in [0.15, 0.2) is 0 Å². The SMILES string of the molecule is COc1ccc(CC(=O)OC[C@H]2CCCN3CCCC[C@H]23)cc1. The van der Waals surface area contributed by atoms with Crippen molar-refractivity contribution in [1.82, 2.24) is 4.90 Å². The van der Waals surface area contributed by atoms with E-state index in [2.05, 4.69) is 4.90 Å². The fraction of sp³-hybridized carbons (Fsp3) is 0.632. The van der Waals surface area contributed by atoms with Gasteiger partial charge in [0.05, 0.1) is 20.1 Å². The highest BCUT2D eigenvalue weighted by Gasteiger charge is 2.33. The Morgan fingerprint density at radius 3 is 2.70 bits per heavy atom. The van der Waals surface area contributed by atoms with E-state index < -0.39 is 0 Å². The van der Waals surface area contributed by atoms with Crippen LogP contribution in [-0.2, 0) is 16.0 Å². The van der Waals surface area contributed by atoms with Crippen molar-refractivity contribution < 1.29 is 14.3 Å². The summed E-state index contributed by atoms with van der Waals surface area (Å²) < 4.78 is 10.7. The molecule has 0 radical (unpaired) electrons. The quantitative estimate of drug-likeness (QED) is 0.783. The van der Waals surface area contributed by atoms with Crippen LogP contribution in [0.3, 0.4) is 0 Å². The lowest BCUT2D eigenvalue weighted by Crippen LogP contribution is -2.49. The third-order valence-electron chi connectivity index (χ3n) is 5.19. The molecule has 4 nitrogen and oxygen atoms in total. The van der Waals surface area contributed by atoms with Gasteiger partial charge in [-0.25, -0.2) is 0 Å². The van der Waals surface area contributed by atoms with E-state index in [1.807, 2.05) is 24.3 Å². The first-order valence-electron chi connectivity index (χ1n) is 8.79. The smallest absolute Gasteiger partial charge is 0.310 e. The maximum absolute atomic E-state index is 12.1. The first kappa shape index (κ1) is 16.3. The molecule has 2 atom stereocenters. The molecule has 0 aliphatic carbocycles. The highest BCUT2D eigenvalue weighted by Crippen LogP contribution is 2.31. The molecule has 2 saturated heterocycles. The molecule has 23 heavy (non-hydrogen) atoms. The fourth-order valence-electron chi connectivity index (χ4n) is 3.93. The number of esters is 1. The normalized spacial score (nSPS) is 24.7. The van der Waals surface area contributed by atoms with Crippen molar-refractivity contribution in [1.29, 1.82) is 0 Å². The molecule has 2 aliphatic heterocycles. The van der Waals surface area contributed by atoms with Crippen molar-refractivity contribution >= 4 is 5.97 Å². The average molecular weight is 317 g/mol. The summed E-state index contributed by atoms with van der Waals surface area (Å²) in [5.74, 6) is 1.20. The second-order valence-corrected chi connectivity index (χ2v) is 6.71. The number of hydrogen-bond donors (Lipinski definition) is 0. The Kier molecular flexibility index (Phi) is 5.55. The van der Waals surface area contributed by atoms with Crippen molar-refractivity contribution in [3.8, 4) is 5.75 Å². The van der Waals surface area contributed by atoms with Gasteiger partial charge in [-0.3, -0.25) is 9.69 Å². The molecule has 0 saturated carbocycles. The lowest BCUT2D eigenvalue weighted by molar-refractivity contribution is -0.145. The maximum Gasteiger partial charge on any atom is 0.310 e. The number of carbonyl (C=O) groups is 1. The van der Waals surface area contributed by atoms with Crippen molar-refractivity contribution in [3.05, 3.63) is 29.8 Å². The van der Waals surface area contributed by atoms with Crippen LogP contribution in [-0.4, -0.2) is 43.7 Å². The number of methoxy groups -OCH3 is 1. The van der Waals surface area contributed by atoms with E-state index in [0.717, 1.165) is 11.3 Å². The minimum atomic E-state index is -0.122. The third kappa shape index (κ3) is 4.25. The van der Waals surface area contributed by atoms with Gasteiger partial charge in [0.25, 0.3) is 0 Å². The molecule has 0 aromatic heterocycles. The van der Waals surface area contributed by atoms with Crippen LogP contribution in [0.15, 0.2) is 24.3 Å². The second-order valence-electron chi connectivity index (χ2n) is 6.71. The van der Waals surface area contributed by atoms with Crippen LogP contribution in [0, 0.1) is 5.92 Å². The number of carbonyl (C=O) groups excluding carboxylic acids is 1. The van der Waals surface area contributed by atoms with Crippen molar-refractivity contribution in [2.45, 2.75) is 44.6 Å². The predicted octanol–water partition coefficient (Wildman–Crippen LogP) is 3.05. The molecule has 0 bridgehead atoms. The molecule has 0 spiro atoms. The molecule has 2 aliphatic rings. The first-order chi connectivity index (χ1) is 11.3. The van der Waals surface area contributed by atoms with Gasteiger partial charge in [-0.2, -0.15) is 0 Å². The number of hydrogen-bond acceptors (Lipinski definition) is 4. The minimum Gasteiger partial charge on any atom is -0.497 e. The van der Waals surface area contributed by atoms with Gasteiger partial charge < -0.3 is 9.47 Å². The summed E-state index contributed by atoms with van der Waals surface area (Å²) >= 11 is 0. The number of ether oxygens (including phenoxy) is 2. The molecule has 4 heteroatoms. The topological polar surface area (TPSA) is 38.8 Å². The van der Waals surface area contributed by atoms with Crippen LogP contribution in [0.5, 0.6) is 5.75 Å². The number of fused-ring (bicyclic) bond motifs is 1. The third-order valence-corrected chi connectivity index (χ3v) is 5.19. The fourth-order valence-corrected chi connectivity index (χ4v) is 3.93. The average Bonchev–Trinajstić information content (AvgIpc) is 2.60. The molecular formula is C19H27NO3. The second kappa shape index (κ2) is 7.82. The largest absolute Gasteiger partial charge is 0.497 e. The Bertz CT molecular complexity index is 512. The summed E-state index contributed by atoms with van der Waals surface area (Å²) in [6.45, 7) is 3.03. The summed E-state index contributed by atoms with van der Waals surface area (Å²) in [6.07, 6.45) is 6.66. The van der Waals surface area contributed by atoms with E-state index >= 15 is 0 Å². The Hall–Kier alpha value is -1.55. The van der Waals surface area contributed by atoms with Crippen LogP contribution in [0.2, 0.25) is 0 Å². The lowest BCUT2D eigenvalue weighted by atomic mass is 9.84. The van der Waals surface area contributed by atoms with E-state index in [1.54, 1.807) is 7.11 Å². The zero-order valence-electron chi connectivity index (χ0n) is 14.0. The zero-order valence-corrected chi connectivity index (χ0v) is 14.0. The minimum absolute atomic E-state index is 0.122. The van der Waals surface area contributed by atoms with Crippen LogP contribution in [0.25, 0.3) is 0 Å². The van der Waals surface area contributed by atoms with Crippen LogP contribution < -0.4 is 4.74 Å². The van der Waals surface area contributed by atoms with E-state index in [0.29, 0.717) is 25.0 Å². The van der Waals surface area contributed by atoms with Crippen LogP contribution >= 0.6 is 0 Å². The first-order valence-corrected chi connectivity index (χ1v) is 8.79. The van der Waals surface area contributed by atoms with Crippen molar-refractivity contribution in [2.75, 3.05) is 26.8 Å². The van der Waals surface area contributed by atoms with Crippen LogP contribution in [0.1, 0.15) is 37.7 Å². The Labute approximate surface area is 138 Å². The van der Waals surface area contributed by atoms with Gasteiger partial charge in [0.1, 0.15) is 5.75 Å². The monoisotopic (exact) mass is 317 g/mol. The van der Waals surface area contributed by atoms with E-state index in [-0.39, 0.29) is 5.97 Å². The van der Waals surface area contributed by atoms with Crippen LogP contribution in [0.4, 0.5) is 0 Å². The molecule has 1 aromatic carbocycles. The summed E-state index contributed by atoms with van der Waals surface area (Å²) in [7, 11) is 1.64. The van der Waals surface area contributed by atoms with Gasteiger partial charge in [0.2, 0.25) is 0 Å². The molecule has 3 rings (SSSR count). The van der Waals surface area contributed by atoms with E-state index in [4.69, 9.17) is 9.47 Å². The molecule has 0 amide bonds.